The smallest absolute Gasteiger partial charge is 0.0382 e. The van der Waals surface area contributed by atoms with Crippen LogP contribution in [0, 0.1) is 5.41 Å². The van der Waals surface area contributed by atoms with Gasteiger partial charge in [0.15, 0.2) is 0 Å². The average molecular weight is 518 g/mol. The number of benzene rings is 3. The van der Waals surface area contributed by atoms with Gasteiger partial charge in [0, 0.05) is 11.4 Å². The number of fused-ring (bicyclic) bond motifs is 1. The van der Waals surface area contributed by atoms with Crippen molar-refractivity contribution in [1.82, 2.24) is 0 Å². The molecule has 0 radical (unpaired) electrons. The predicted octanol–water partition coefficient (Wildman–Crippen LogP) is 10.6. The molecule has 3 aromatic rings. The largest absolute Gasteiger partial charge is 0.359 e. The minimum absolute atomic E-state index is 0.348. The van der Waals surface area contributed by atoms with Gasteiger partial charge in [0.05, 0.1) is 0 Å². The maximum atomic E-state index is 3.66. The Morgan fingerprint density at radius 1 is 0.641 bits per heavy atom. The Kier molecular flexibility index (Phi) is 9.07. The van der Waals surface area contributed by atoms with E-state index in [4.69, 9.17) is 0 Å². The molecule has 0 saturated carbocycles. The van der Waals surface area contributed by atoms with Crippen LogP contribution in [0.1, 0.15) is 94.4 Å². The Labute approximate surface area is 237 Å². The fraction of sp³-hybridized carbons (Fsp3) is 0.421. The Hall–Kier alpha value is -3.06. The van der Waals surface area contributed by atoms with Gasteiger partial charge in [0.1, 0.15) is 0 Å². The molecule has 1 heteroatoms. The summed E-state index contributed by atoms with van der Waals surface area (Å²) in [5.74, 6) is 0. The zero-order chi connectivity index (χ0) is 27.1. The molecule has 0 unspecified atom stereocenters. The summed E-state index contributed by atoms with van der Waals surface area (Å²) in [6, 6.07) is 25.3. The van der Waals surface area contributed by atoms with Crippen molar-refractivity contribution in [2.45, 2.75) is 97.8 Å². The normalized spacial score (nSPS) is 14.7. The van der Waals surface area contributed by atoms with Crippen LogP contribution in [0.15, 0.2) is 90.2 Å². The molecule has 2 aliphatic carbocycles. The van der Waals surface area contributed by atoms with E-state index in [-0.39, 0.29) is 0 Å². The molecule has 0 atom stereocenters. The van der Waals surface area contributed by atoms with E-state index in [1.807, 2.05) is 0 Å². The maximum Gasteiger partial charge on any atom is 0.0382 e. The van der Waals surface area contributed by atoms with Crippen molar-refractivity contribution in [3.63, 3.8) is 0 Å². The van der Waals surface area contributed by atoms with Crippen LogP contribution in [0.2, 0.25) is 0 Å². The number of hydrogen-bond acceptors (Lipinski definition) is 1. The second-order valence-electron chi connectivity index (χ2n) is 12.1. The lowest BCUT2D eigenvalue weighted by molar-refractivity contribution is 0.354. The van der Waals surface area contributed by atoms with Gasteiger partial charge in [-0.15, -0.1) is 0 Å². The number of unbranched alkanes of at least 4 members (excludes halogenated alkanes) is 3. The van der Waals surface area contributed by atoms with Crippen LogP contribution < -0.4 is 5.32 Å². The predicted molar refractivity (Wildman–Crippen MR) is 169 cm³/mol. The fourth-order valence-corrected chi connectivity index (χ4v) is 6.20. The van der Waals surface area contributed by atoms with E-state index in [1.165, 1.54) is 97.8 Å². The first-order valence-electron chi connectivity index (χ1n) is 15.5. The van der Waals surface area contributed by atoms with Gasteiger partial charge in [-0.1, -0.05) is 99.9 Å². The molecular weight excluding hydrogens is 470 g/mol. The van der Waals surface area contributed by atoms with Crippen LogP contribution in [-0.2, 0) is 25.7 Å². The molecule has 0 heterocycles. The standard InChI is InChI=1S/C38H47N/c1-4-38(3,5-2)35-21-25-37(26-22-35)39-36-23-19-32(20-24-36)33-14-10-13-29(27-33)11-8-6-7-9-12-30-15-16-31-17-18-34(31)28-30/h10,13-16,19-21,23-25,27-28,39H,4-9,11-12,17-18,22,26H2,1-3H3. The van der Waals surface area contributed by atoms with Gasteiger partial charge in [0.25, 0.3) is 0 Å². The SMILES string of the molecule is CCC(C)(CC)C1=CC=C(Nc2ccc(-c3cccc(CCCCCCc4ccc5c(c4)CC5)c3)cc2)CC1. The number of anilines is 1. The first kappa shape index (κ1) is 27.5. The molecule has 0 bridgehead atoms. The quantitative estimate of drug-likeness (QED) is 0.222. The summed E-state index contributed by atoms with van der Waals surface area (Å²) in [5, 5.41) is 3.66. The van der Waals surface area contributed by atoms with Gasteiger partial charge in [-0.25, -0.2) is 0 Å². The molecule has 0 aromatic heterocycles. The summed E-state index contributed by atoms with van der Waals surface area (Å²) < 4.78 is 0. The monoisotopic (exact) mass is 517 g/mol. The van der Waals surface area contributed by atoms with Crippen molar-refractivity contribution in [3.05, 3.63) is 112 Å². The lowest BCUT2D eigenvalue weighted by atomic mass is 9.74. The minimum Gasteiger partial charge on any atom is -0.359 e. The highest BCUT2D eigenvalue weighted by molar-refractivity contribution is 5.67. The molecule has 5 rings (SSSR count). The molecular formula is C38H47N. The van der Waals surface area contributed by atoms with Gasteiger partial charge < -0.3 is 5.32 Å². The van der Waals surface area contributed by atoms with Crippen LogP contribution in [0.5, 0.6) is 0 Å². The first-order chi connectivity index (χ1) is 19.1. The van der Waals surface area contributed by atoms with E-state index in [0.29, 0.717) is 5.41 Å². The van der Waals surface area contributed by atoms with Crippen molar-refractivity contribution >= 4 is 5.69 Å². The molecule has 2 aliphatic rings. The number of nitrogens with one attached hydrogen (secondary N) is 1. The Balaban J connectivity index is 1.08. The van der Waals surface area contributed by atoms with Crippen molar-refractivity contribution in [3.8, 4) is 11.1 Å². The second kappa shape index (κ2) is 12.9. The van der Waals surface area contributed by atoms with Crippen molar-refractivity contribution in [2.24, 2.45) is 5.41 Å². The summed E-state index contributed by atoms with van der Waals surface area (Å²) in [6.07, 6.45) is 19.6. The Morgan fingerprint density at radius 2 is 1.36 bits per heavy atom. The second-order valence-corrected chi connectivity index (χ2v) is 12.1. The maximum absolute atomic E-state index is 3.66. The van der Waals surface area contributed by atoms with Gasteiger partial charge >= 0.3 is 0 Å². The van der Waals surface area contributed by atoms with E-state index in [9.17, 15) is 0 Å². The van der Waals surface area contributed by atoms with E-state index in [0.717, 1.165) is 12.8 Å². The zero-order valence-electron chi connectivity index (χ0n) is 24.5. The molecule has 204 valence electrons. The van der Waals surface area contributed by atoms with Crippen molar-refractivity contribution in [2.75, 3.05) is 5.32 Å². The fourth-order valence-electron chi connectivity index (χ4n) is 6.20. The highest BCUT2D eigenvalue weighted by Gasteiger charge is 2.25. The third-order valence-electron chi connectivity index (χ3n) is 9.55. The molecule has 0 saturated heterocycles. The molecule has 0 spiro atoms. The van der Waals surface area contributed by atoms with Crippen LogP contribution in [0.25, 0.3) is 11.1 Å². The summed E-state index contributed by atoms with van der Waals surface area (Å²) in [6.45, 7) is 7.04. The van der Waals surface area contributed by atoms with E-state index in [2.05, 4.69) is 105 Å². The van der Waals surface area contributed by atoms with Gasteiger partial charge in [-0.05, 0) is 121 Å². The van der Waals surface area contributed by atoms with Crippen molar-refractivity contribution < 1.29 is 0 Å². The average Bonchev–Trinajstić information content (AvgIpc) is 2.96. The van der Waals surface area contributed by atoms with E-state index in [1.54, 1.807) is 16.7 Å². The molecule has 3 aromatic carbocycles. The summed E-state index contributed by atoms with van der Waals surface area (Å²) in [4.78, 5) is 0. The summed E-state index contributed by atoms with van der Waals surface area (Å²) >= 11 is 0. The van der Waals surface area contributed by atoms with Crippen LogP contribution in [0.3, 0.4) is 0 Å². The van der Waals surface area contributed by atoms with Gasteiger partial charge in [-0.2, -0.15) is 0 Å². The summed E-state index contributed by atoms with van der Waals surface area (Å²) in [7, 11) is 0. The lowest BCUT2D eigenvalue weighted by Crippen LogP contribution is -2.19. The minimum atomic E-state index is 0.348. The lowest BCUT2D eigenvalue weighted by Gasteiger charge is -2.32. The van der Waals surface area contributed by atoms with E-state index >= 15 is 0 Å². The Morgan fingerprint density at radius 3 is 1.97 bits per heavy atom. The van der Waals surface area contributed by atoms with Crippen LogP contribution in [0.4, 0.5) is 5.69 Å². The Bertz CT molecular complexity index is 1300. The van der Waals surface area contributed by atoms with Crippen molar-refractivity contribution in [1.29, 1.82) is 0 Å². The number of allylic oxidation sites excluding steroid dienone is 4. The van der Waals surface area contributed by atoms with Crippen LogP contribution >= 0.6 is 0 Å². The highest BCUT2D eigenvalue weighted by atomic mass is 14.9. The molecule has 0 fully saturated rings. The highest BCUT2D eigenvalue weighted by Crippen LogP contribution is 2.39. The number of rotatable bonds is 13. The summed E-state index contributed by atoms with van der Waals surface area (Å²) in [5.41, 5.74) is 13.2. The van der Waals surface area contributed by atoms with Crippen LogP contribution in [-0.4, -0.2) is 0 Å². The molecule has 1 N–H and O–H groups in total. The van der Waals surface area contributed by atoms with E-state index < -0.39 is 0 Å². The molecule has 1 nitrogen and oxygen atoms in total. The number of aryl methyl sites for hydroxylation is 4. The topological polar surface area (TPSA) is 12.0 Å². The zero-order valence-corrected chi connectivity index (χ0v) is 24.5. The molecule has 0 aliphatic heterocycles. The first-order valence-corrected chi connectivity index (χ1v) is 15.5. The third kappa shape index (κ3) is 6.93. The van der Waals surface area contributed by atoms with Gasteiger partial charge in [-0.3, -0.25) is 0 Å². The number of hydrogen-bond donors (Lipinski definition) is 1. The van der Waals surface area contributed by atoms with Gasteiger partial charge in [0.2, 0.25) is 0 Å². The molecule has 0 amide bonds. The molecule has 39 heavy (non-hydrogen) atoms. The third-order valence-corrected chi connectivity index (χ3v) is 9.55.